The molecule has 2 aromatic heterocycles. The lowest BCUT2D eigenvalue weighted by molar-refractivity contribution is -0.117. The zero-order chi connectivity index (χ0) is 20.4. The molecular weight excluding hydrogens is 370 g/mol. The van der Waals surface area contributed by atoms with Crippen LogP contribution in [0.3, 0.4) is 0 Å². The first-order chi connectivity index (χ1) is 14.0. The summed E-state index contributed by atoms with van der Waals surface area (Å²) in [6, 6.07) is 7.54. The summed E-state index contributed by atoms with van der Waals surface area (Å²) in [6.07, 6.45) is 3.81. The van der Waals surface area contributed by atoms with Gasteiger partial charge in [-0.1, -0.05) is 0 Å². The number of ether oxygens (including phenoxy) is 1. The van der Waals surface area contributed by atoms with Gasteiger partial charge in [-0.15, -0.1) is 0 Å². The largest absolute Gasteiger partial charge is 0.494 e. The molecule has 150 valence electrons. The first-order valence-corrected chi connectivity index (χ1v) is 9.64. The number of anilines is 2. The molecule has 0 aliphatic carbocycles. The average Bonchev–Trinajstić information content (AvgIpc) is 2.98. The maximum atomic E-state index is 12.2. The number of nitrogens with one attached hydrogen (secondary N) is 2. The van der Waals surface area contributed by atoms with E-state index < -0.39 is 0 Å². The number of aromatic nitrogens is 3. The number of amides is 2. The van der Waals surface area contributed by atoms with Crippen LogP contribution in [0.15, 0.2) is 30.5 Å². The molecule has 3 heterocycles. The predicted octanol–water partition coefficient (Wildman–Crippen LogP) is 2.96. The van der Waals surface area contributed by atoms with Crippen molar-refractivity contribution in [1.29, 1.82) is 0 Å². The fourth-order valence-electron chi connectivity index (χ4n) is 3.47. The van der Waals surface area contributed by atoms with E-state index in [1.54, 1.807) is 10.9 Å². The molecule has 0 unspecified atom stereocenters. The Morgan fingerprint density at radius 1 is 1.31 bits per heavy atom. The van der Waals surface area contributed by atoms with E-state index in [1.807, 2.05) is 38.2 Å². The summed E-state index contributed by atoms with van der Waals surface area (Å²) in [5, 5.41) is 11.0. The van der Waals surface area contributed by atoms with Crippen LogP contribution in [0, 0.1) is 6.92 Å². The zero-order valence-electron chi connectivity index (χ0n) is 16.5. The minimum Gasteiger partial charge on any atom is -0.494 e. The minimum atomic E-state index is -0.0792. The van der Waals surface area contributed by atoms with Crippen LogP contribution in [0.25, 0.3) is 11.0 Å². The summed E-state index contributed by atoms with van der Waals surface area (Å²) in [5.41, 5.74) is 4.26. The fraction of sp³-hybridized carbons (Fsp3) is 0.333. The number of aryl methyl sites for hydroxylation is 3. The van der Waals surface area contributed by atoms with Crippen molar-refractivity contribution in [2.24, 2.45) is 7.05 Å². The molecule has 1 aliphatic heterocycles. The van der Waals surface area contributed by atoms with Crippen LogP contribution in [0.1, 0.15) is 30.5 Å². The Bertz CT molecular complexity index is 1090. The standard InChI is InChI=1S/C21H23N5O3/c1-13-17-11-15(12-22-21(17)26(2)25-13)23-19(27)4-3-9-29-16-6-7-18-14(10-16)5-8-20(28)24-18/h6-7,10-12H,3-5,8-9H2,1-2H3,(H,23,27)(H,24,28). The Balaban J connectivity index is 1.26. The third-order valence-corrected chi connectivity index (χ3v) is 4.94. The second-order valence-corrected chi connectivity index (χ2v) is 7.17. The molecule has 0 bridgehead atoms. The van der Waals surface area contributed by atoms with Gasteiger partial charge in [0.05, 0.1) is 24.2 Å². The van der Waals surface area contributed by atoms with E-state index in [0.717, 1.165) is 40.1 Å². The van der Waals surface area contributed by atoms with E-state index in [-0.39, 0.29) is 11.8 Å². The quantitative estimate of drug-likeness (QED) is 0.628. The van der Waals surface area contributed by atoms with Crippen molar-refractivity contribution in [1.82, 2.24) is 14.8 Å². The minimum absolute atomic E-state index is 0.0465. The van der Waals surface area contributed by atoms with Crippen molar-refractivity contribution in [2.45, 2.75) is 32.6 Å². The van der Waals surface area contributed by atoms with E-state index in [1.165, 1.54) is 0 Å². The number of nitrogens with zero attached hydrogens (tertiary/aromatic N) is 3. The molecule has 0 atom stereocenters. The lowest BCUT2D eigenvalue weighted by atomic mass is 10.0. The number of hydrogen-bond donors (Lipinski definition) is 2. The van der Waals surface area contributed by atoms with Gasteiger partial charge in [0.2, 0.25) is 11.8 Å². The molecule has 3 aromatic rings. The molecule has 4 rings (SSSR count). The molecule has 0 saturated heterocycles. The van der Waals surface area contributed by atoms with Crippen LogP contribution in [-0.2, 0) is 23.1 Å². The first kappa shape index (κ1) is 18.9. The number of pyridine rings is 1. The Hall–Kier alpha value is -3.42. The Morgan fingerprint density at radius 3 is 3.03 bits per heavy atom. The van der Waals surface area contributed by atoms with Gasteiger partial charge in [-0.3, -0.25) is 14.3 Å². The van der Waals surface area contributed by atoms with Crippen LogP contribution in [0.5, 0.6) is 5.75 Å². The molecule has 0 fully saturated rings. The topological polar surface area (TPSA) is 98.1 Å². The zero-order valence-corrected chi connectivity index (χ0v) is 16.5. The molecular formula is C21H23N5O3. The molecule has 29 heavy (non-hydrogen) atoms. The molecule has 1 aromatic carbocycles. The van der Waals surface area contributed by atoms with Gasteiger partial charge in [-0.25, -0.2) is 4.98 Å². The number of carbonyl (C=O) groups is 2. The first-order valence-electron chi connectivity index (χ1n) is 9.64. The highest BCUT2D eigenvalue weighted by atomic mass is 16.5. The highest BCUT2D eigenvalue weighted by Crippen LogP contribution is 2.27. The molecule has 0 spiro atoms. The molecule has 8 nitrogen and oxygen atoms in total. The molecule has 2 N–H and O–H groups in total. The van der Waals surface area contributed by atoms with Gasteiger partial charge in [-0.05, 0) is 49.6 Å². The van der Waals surface area contributed by atoms with E-state index in [9.17, 15) is 9.59 Å². The number of carbonyl (C=O) groups excluding carboxylic acids is 2. The number of fused-ring (bicyclic) bond motifs is 2. The van der Waals surface area contributed by atoms with Gasteiger partial charge in [0, 0.05) is 31.0 Å². The third kappa shape index (κ3) is 4.21. The molecule has 8 heteroatoms. The van der Waals surface area contributed by atoms with Crippen LogP contribution in [0.2, 0.25) is 0 Å². The van der Waals surface area contributed by atoms with E-state index >= 15 is 0 Å². The van der Waals surface area contributed by atoms with Gasteiger partial charge in [0.15, 0.2) is 5.65 Å². The monoisotopic (exact) mass is 393 g/mol. The maximum absolute atomic E-state index is 12.2. The van der Waals surface area contributed by atoms with Crippen molar-refractivity contribution >= 4 is 34.2 Å². The molecule has 0 radical (unpaired) electrons. The highest BCUT2D eigenvalue weighted by Gasteiger charge is 2.15. The summed E-state index contributed by atoms with van der Waals surface area (Å²) >= 11 is 0. The van der Waals surface area contributed by atoms with Crippen molar-refractivity contribution in [3.8, 4) is 5.75 Å². The van der Waals surface area contributed by atoms with Gasteiger partial charge in [0.25, 0.3) is 0 Å². The van der Waals surface area contributed by atoms with Crippen molar-refractivity contribution < 1.29 is 14.3 Å². The van der Waals surface area contributed by atoms with E-state index in [2.05, 4.69) is 20.7 Å². The van der Waals surface area contributed by atoms with Gasteiger partial charge in [-0.2, -0.15) is 5.10 Å². The van der Waals surface area contributed by atoms with Crippen molar-refractivity contribution in [3.05, 3.63) is 41.7 Å². The van der Waals surface area contributed by atoms with E-state index in [0.29, 0.717) is 31.6 Å². The molecule has 1 aliphatic rings. The lowest BCUT2D eigenvalue weighted by Gasteiger charge is -2.17. The Kier molecular flexibility index (Phi) is 5.16. The van der Waals surface area contributed by atoms with Crippen LogP contribution >= 0.6 is 0 Å². The van der Waals surface area contributed by atoms with Gasteiger partial charge < -0.3 is 15.4 Å². The summed E-state index contributed by atoms with van der Waals surface area (Å²) in [4.78, 5) is 28.0. The highest BCUT2D eigenvalue weighted by molar-refractivity contribution is 5.94. The fourth-order valence-corrected chi connectivity index (χ4v) is 3.47. The van der Waals surface area contributed by atoms with Crippen LogP contribution in [-0.4, -0.2) is 33.2 Å². The summed E-state index contributed by atoms with van der Waals surface area (Å²) in [7, 11) is 1.85. The normalized spacial score (nSPS) is 13.1. The SMILES string of the molecule is Cc1nn(C)c2ncc(NC(=O)CCCOc3ccc4c(c3)CCC(=O)N4)cc12. The second kappa shape index (κ2) is 7.90. The number of rotatable bonds is 6. The Morgan fingerprint density at radius 2 is 2.17 bits per heavy atom. The van der Waals surface area contributed by atoms with Crippen molar-refractivity contribution in [2.75, 3.05) is 17.2 Å². The average molecular weight is 393 g/mol. The van der Waals surface area contributed by atoms with Crippen molar-refractivity contribution in [3.63, 3.8) is 0 Å². The summed E-state index contributed by atoms with van der Waals surface area (Å²) in [5.74, 6) is 0.719. The summed E-state index contributed by atoms with van der Waals surface area (Å²) < 4.78 is 7.48. The lowest BCUT2D eigenvalue weighted by Crippen LogP contribution is -2.18. The predicted molar refractivity (Wildman–Crippen MR) is 110 cm³/mol. The number of hydrogen-bond acceptors (Lipinski definition) is 5. The Labute approximate surface area is 168 Å². The smallest absolute Gasteiger partial charge is 0.224 e. The summed E-state index contributed by atoms with van der Waals surface area (Å²) in [6.45, 7) is 2.36. The molecule has 0 saturated carbocycles. The molecule has 2 amide bonds. The van der Waals surface area contributed by atoms with Crippen LogP contribution in [0.4, 0.5) is 11.4 Å². The third-order valence-electron chi connectivity index (χ3n) is 4.94. The maximum Gasteiger partial charge on any atom is 0.224 e. The number of benzene rings is 1. The van der Waals surface area contributed by atoms with E-state index in [4.69, 9.17) is 4.74 Å². The van der Waals surface area contributed by atoms with Gasteiger partial charge >= 0.3 is 0 Å². The second-order valence-electron chi connectivity index (χ2n) is 7.17. The van der Waals surface area contributed by atoms with Gasteiger partial charge in [0.1, 0.15) is 5.75 Å². The van der Waals surface area contributed by atoms with Crippen LogP contribution < -0.4 is 15.4 Å².